The summed E-state index contributed by atoms with van der Waals surface area (Å²) in [5.41, 5.74) is -0.333. The van der Waals surface area contributed by atoms with E-state index in [9.17, 15) is 14.4 Å². The zero-order valence-electron chi connectivity index (χ0n) is 11.5. The molecule has 3 N–H and O–H groups in total. The molecule has 0 fully saturated rings. The quantitative estimate of drug-likeness (QED) is 0.530. The molecule has 21 heavy (non-hydrogen) atoms. The van der Waals surface area contributed by atoms with Crippen molar-refractivity contribution in [2.45, 2.75) is 19.1 Å². The zero-order valence-corrected chi connectivity index (χ0v) is 11.5. The summed E-state index contributed by atoms with van der Waals surface area (Å²) in [7, 11) is 1.48. The molecule has 0 saturated carbocycles. The molecule has 9 heteroatoms. The highest BCUT2D eigenvalue weighted by molar-refractivity contribution is 5.92. The van der Waals surface area contributed by atoms with E-state index < -0.39 is 18.0 Å². The van der Waals surface area contributed by atoms with Crippen LogP contribution in [0.4, 0.5) is 0 Å². The Balaban J connectivity index is 2.61. The number of carbonyl (C=O) groups is 2. The molecule has 1 rings (SSSR count). The molecule has 1 heterocycles. The third-order valence-corrected chi connectivity index (χ3v) is 2.59. The molecule has 0 aliphatic rings. The number of aliphatic hydroxyl groups excluding tert-OH is 1. The number of carboxylic acid groups (broad SMARTS) is 1. The maximum atomic E-state index is 11.8. The minimum absolute atomic E-state index is 0.0226. The summed E-state index contributed by atoms with van der Waals surface area (Å²) in [5.74, 6) is -1.91. The minimum atomic E-state index is -1.53. The summed E-state index contributed by atoms with van der Waals surface area (Å²) in [5, 5.41) is 23.8. The number of hydrogen-bond donors (Lipinski definition) is 3. The van der Waals surface area contributed by atoms with Gasteiger partial charge >= 0.3 is 5.97 Å². The maximum Gasteiger partial charge on any atom is 0.332 e. The second kappa shape index (κ2) is 8.12. The summed E-state index contributed by atoms with van der Waals surface area (Å²) >= 11 is 0. The van der Waals surface area contributed by atoms with Gasteiger partial charge in [0.05, 0.1) is 13.2 Å². The summed E-state index contributed by atoms with van der Waals surface area (Å²) in [6, 6.07) is 2.48. The van der Waals surface area contributed by atoms with Crippen LogP contribution in [0.15, 0.2) is 16.9 Å². The molecule has 1 aromatic heterocycles. The topological polar surface area (TPSA) is 131 Å². The molecular formula is C12H17N3O6. The van der Waals surface area contributed by atoms with E-state index in [1.807, 2.05) is 0 Å². The lowest BCUT2D eigenvalue weighted by Crippen LogP contribution is -2.33. The van der Waals surface area contributed by atoms with E-state index in [1.54, 1.807) is 0 Å². The van der Waals surface area contributed by atoms with Crippen LogP contribution in [-0.2, 0) is 16.1 Å². The molecule has 0 aromatic carbocycles. The average molecular weight is 299 g/mol. The van der Waals surface area contributed by atoms with Crippen LogP contribution in [0.5, 0.6) is 0 Å². The third-order valence-electron chi connectivity index (χ3n) is 2.59. The van der Waals surface area contributed by atoms with Crippen molar-refractivity contribution in [1.29, 1.82) is 0 Å². The smallest absolute Gasteiger partial charge is 0.332 e. The van der Waals surface area contributed by atoms with Gasteiger partial charge < -0.3 is 20.3 Å². The normalized spacial score (nSPS) is 11.9. The zero-order chi connectivity index (χ0) is 15.8. The van der Waals surface area contributed by atoms with Gasteiger partial charge in [-0.15, -0.1) is 0 Å². The minimum Gasteiger partial charge on any atom is -0.479 e. The molecule has 1 atom stereocenters. The molecule has 0 aliphatic heterocycles. The molecule has 0 unspecified atom stereocenters. The Hall–Kier alpha value is -2.26. The number of carbonyl (C=O) groups excluding carboxylic acids is 1. The highest BCUT2D eigenvalue weighted by atomic mass is 16.5. The van der Waals surface area contributed by atoms with Crippen LogP contribution < -0.4 is 10.9 Å². The second-order valence-corrected chi connectivity index (χ2v) is 4.17. The number of carboxylic acids is 1. The van der Waals surface area contributed by atoms with Gasteiger partial charge in [0.25, 0.3) is 11.5 Å². The van der Waals surface area contributed by atoms with E-state index in [0.29, 0.717) is 0 Å². The van der Waals surface area contributed by atoms with Gasteiger partial charge in [-0.25, -0.2) is 9.48 Å². The first-order valence-corrected chi connectivity index (χ1v) is 6.22. The Morgan fingerprint density at radius 1 is 1.48 bits per heavy atom. The third kappa shape index (κ3) is 5.32. The number of methoxy groups -OCH3 is 1. The number of ether oxygens (including phenoxy) is 1. The monoisotopic (exact) mass is 299 g/mol. The van der Waals surface area contributed by atoms with Crippen LogP contribution in [-0.4, -0.2) is 58.2 Å². The lowest BCUT2D eigenvalue weighted by atomic mass is 10.2. The van der Waals surface area contributed by atoms with Gasteiger partial charge in [0.2, 0.25) is 0 Å². The summed E-state index contributed by atoms with van der Waals surface area (Å²) < 4.78 is 5.93. The molecule has 1 aromatic rings. The summed E-state index contributed by atoms with van der Waals surface area (Å²) in [6.45, 7) is 0.474. The molecule has 0 spiro atoms. The number of hydrogen-bond acceptors (Lipinski definition) is 6. The Bertz CT molecular complexity index is 556. The van der Waals surface area contributed by atoms with Crippen molar-refractivity contribution in [1.82, 2.24) is 15.1 Å². The van der Waals surface area contributed by atoms with Crippen LogP contribution >= 0.6 is 0 Å². The van der Waals surface area contributed by atoms with E-state index in [2.05, 4.69) is 10.4 Å². The Kier molecular flexibility index (Phi) is 6.50. The number of aromatic nitrogens is 2. The molecule has 116 valence electrons. The highest BCUT2D eigenvalue weighted by Crippen LogP contribution is 1.94. The van der Waals surface area contributed by atoms with Crippen LogP contribution in [0, 0.1) is 0 Å². The number of rotatable bonds is 8. The van der Waals surface area contributed by atoms with E-state index in [1.165, 1.54) is 19.2 Å². The van der Waals surface area contributed by atoms with Crippen LogP contribution in [0.2, 0.25) is 0 Å². The first-order chi connectivity index (χ1) is 9.95. The fourth-order valence-electron chi connectivity index (χ4n) is 1.44. The van der Waals surface area contributed by atoms with Gasteiger partial charge in [-0.05, 0) is 6.07 Å². The summed E-state index contributed by atoms with van der Waals surface area (Å²) in [4.78, 5) is 33.7. The summed E-state index contributed by atoms with van der Waals surface area (Å²) in [6.07, 6.45) is -1.65. The second-order valence-electron chi connectivity index (χ2n) is 4.17. The van der Waals surface area contributed by atoms with Gasteiger partial charge in [0.15, 0.2) is 6.10 Å². The molecule has 9 nitrogen and oxygen atoms in total. The number of nitrogens with one attached hydrogen (secondary N) is 1. The SMILES string of the molecule is COCCn1nc(C(=O)NCC[C@H](O)C(=O)O)ccc1=O. The van der Waals surface area contributed by atoms with E-state index in [0.717, 1.165) is 4.68 Å². The van der Waals surface area contributed by atoms with E-state index in [4.69, 9.17) is 14.9 Å². The maximum absolute atomic E-state index is 11.8. The Labute approximate surface area is 120 Å². The predicted molar refractivity (Wildman–Crippen MR) is 71.0 cm³/mol. The number of aliphatic carboxylic acids is 1. The molecular weight excluding hydrogens is 282 g/mol. The molecule has 1 amide bonds. The van der Waals surface area contributed by atoms with Gasteiger partial charge in [-0.1, -0.05) is 0 Å². The van der Waals surface area contributed by atoms with Crippen molar-refractivity contribution in [3.63, 3.8) is 0 Å². The van der Waals surface area contributed by atoms with Gasteiger partial charge in [-0.2, -0.15) is 5.10 Å². The number of amides is 1. The van der Waals surface area contributed by atoms with E-state index >= 15 is 0 Å². The largest absolute Gasteiger partial charge is 0.479 e. The molecule has 0 saturated heterocycles. The lowest BCUT2D eigenvalue weighted by Gasteiger charge is -2.08. The van der Waals surface area contributed by atoms with Crippen molar-refractivity contribution in [2.24, 2.45) is 0 Å². The van der Waals surface area contributed by atoms with Crippen LogP contribution in [0.25, 0.3) is 0 Å². The van der Waals surface area contributed by atoms with Crippen molar-refractivity contribution in [2.75, 3.05) is 20.3 Å². The highest BCUT2D eigenvalue weighted by Gasteiger charge is 2.14. The molecule has 0 aliphatic carbocycles. The van der Waals surface area contributed by atoms with Gasteiger partial charge in [0, 0.05) is 26.1 Å². The van der Waals surface area contributed by atoms with Crippen molar-refractivity contribution >= 4 is 11.9 Å². The van der Waals surface area contributed by atoms with E-state index in [-0.39, 0.29) is 37.4 Å². The Morgan fingerprint density at radius 2 is 2.19 bits per heavy atom. The van der Waals surface area contributed by atoms with Crippen molar-refractivity contribution < 1.29 is 24.5 Å². The van der Waals surface area contributed by atoms with Crippen molar-refractivity contribution in [3.05, 3.63) is 28.2 Å². The molecule has 0 bridgehead atoms. The fraction of sp³-hybridized carbons (Fsp3) is 0.500. The Morgan fingerprint density at radius 3 is 2.81 bits per heavy atom. The first kappa shape index (κ1) is 16.8. The van der Waals surface area contributed by atoms with Gasteiger partial charge in [0.1, 0.15) is 5.69 Å². The van der Waals surface area contributed by atoms with Gasteiger partial charge in [-0.3, -0.25) is 9.59 Å². The average Bonchev–Trinajstić information content (AvgIpc) is 2.45. The first-order valence-electron chi connectivity index (χ1n) is 6.22. The molecule has 0 radical (unpaired) electrons. The fourth-order valence-corrected chi connectivity index (χ4v) is 1.44. The standard InChI is InChI=1S/C12H17N3O6/c1-21-7-6-15-10(17)3-2-8(14-15)11(18)13-5-4-9(16)12(19)20/h2-3,9,16H,4-7H2,1H3,(H,13,18)(H,19,20)/t9-/m0/s1. The van der Waals surface area contributed by atoms with Crippen molar-refractivity contribution in [3.8, 4) is 0 Å². The van der Waals surface area contributed by atoms with Crippen LogP contribution in [0.3, 0.4) is 0 Å². The van der Waals surface area contributed by atoms with Crippen LogP contribution in [0.1, 0.15) is 16.9 Å². The number of nitrogens with zero attached hydrogens (tertiary/aromatic N) is 2. The predicted octanol–water partition coefficient (Wildman–Crippen LogP) is -1.54. The number of aliphatic hydroxyl groups is 1. The lowest BCUT2D eigenvalue weighted by molar-refractivity contribution is -0.146.